The second kappa shape index (κ2) is 4.90. The number of nitrogens with two attached hydrogens (primary N) is 1. The fourth-order valence-electron chi connectivity index (χ4n) is 2.77. The summed E-state index contributed by atoms with van der Waals surface area (Å²) >= 11 is 0. The maximum atomic E-state index is 12.0. The molecule has 0 radical (unpaired) electrons. The van der Waals surface area contributed by atoms with Crippen LogP contribution in [0.25, 0.3) is 0 Å². The van der Waals surface area contributed by atoms with Crippen molar-refractivity contribution in [3.8, 4) is 0 Å². The minimum atomic E-state index is -0.575. The Hall–Kier alpha value is -1.06. The second-order valence-corrected chi connectivity index (χ2v) is 5.36. The van der Waals surface area contributed by atoms with E-state index in [1.807, 2.05) is 0 Å². The van der Waals surface area contributed by atoms with Gasteiger partial charge in [-0.05, 0) is 43.2 Å². The molecule has 0 unspecified atom stereocenters. The molecule has 1 amide bonds. The van der Waals surface area contributed by atoms with Crippen molar-refractivity contribution in [2.24, 2.45) is 5.73 Å². The molecule has 1 saturated carbocycles. The van der Waals surface area contributed by atoms with Gasteiger partial charge >= 0.3 is 0 Å². The molecule has 0 aromatic heterocycles. The maximum Gasteiger partial charge on any atom is 0.240 e. The monoisotopic (exact) mass is 266 g/mol. The summed E-state index contributed by atoms with van der Waals surface area (Å²) in [6.07, 6.45) is 4.63. The van der Waals surface area contributed by atoms with Crippen molar-refractivity contribution in [2.45, 2.75) is 43.7 Å². The van der Waals surface area contributed by atoms with E-state index < -0.39 is 5.54 Å². The van der Waals surface area contributed by atoms with Crippen LogP contribution in [0.2, 0.25) is 0 Å². The molecule has 98 valence electrons. The summed E-state index contributed by atoms with van der Waals surface area (Å²) in [5.74, 6) is 0.0431. The predicted molar refractivity (Wildman–Crippen MR) is 73.8 cm³/mol. The van der Waals surface area contributed by atoms with Crippen molar-refractivity contribution in [1.82, 2.24) is 5.32 Å². The first-order valence-corrected chi connectivity index (χ1v) is 6.34. The van der Waals surface area contributed by atoms with Crippen LogP contribution < -0.4 is 11.1 Å². The molecule has 1 fully saturated rings. The van der Waals surface area contributed by atoms with Gasteiger partial charge in [-0.25, -0.2) is 0 Å². The van der Waals surface area contributed by atoms with Crippen molar-refractivity contribution >= 4 is 18.3 Å². The topological polar surface area (TPSA) is 55.1 Å². The molecule has 3 rings (SSSR count). The SMILES string of the molecule is Cl.NC1(C(=O)NC2Cc3ccccc3C2)CCC1. The van der Waals surface area contributed by atoms with Gasteiger partial charge in [0.2, 0.25) is 5.91 Å². The van der Waals surface area contributed by atoms with Crippen LogP contribution in [-0.2, 0) is 17.6 Å². The first kappa shape index (κ1) is 13.4. The van der Waals surface area contributed by atoms with Crippen molar-refractivity contribution in [1.29, 1.82) is 0 Å². The van der Waals surface area contributed by atoms with E-state index in [0.29, 0.717) is 0 Å². The Morgan fingerprint density at radius 1 is 1.22 bits per heavy atom. The average Bonchev–Trinajstić information content (AvgIpc) is 2.67. The van der Waals surface area contributed by atoms with Gasteiger partial charge in [0, 0.05) is 6.04 Å². The molecule has 3 nitrogen and oxygen atoms in total. The van der Waals surface area contributed by atoms with Gasteiger partial charge in [-0.15, -0.1) is 12.4 Å². The summed E-state index contributed by atoms with van der Waals surface area (Å²) in [4.78, 5) is 12.0. The third-order valence-corrected chi connectivity index (χ3v) is 4.08. The van der Waals surface area contributed by atoms with Crippen LogP contribution in [0.4, 0.5) is 0 Å². The average molecular weight is 267 g/mol. The van der Waals surface area contributed by atoms with Gasteiger partial charge in [0.05, 0.1) is 5.54 Å². The van der Waals surface area contributed by atoms with E-state index in [1.165, 1.54) is 11.1 Å². The van der Waals surface area contributed by atoms with Crippen LogP contribution in [0.1, 0.15) is 30.4 Å². The van der Waals surface area contributed by atoms with Gasteiger partial charge in [0.15, 0.2) is 0 Å². The Morgan fingerprint density at radius 2 is 1.78 bits per heavy atom. The minimum Gasteiger partial charge on any atom is -0.351 e. The largest absolute Gasteiger partial charge is 0.351 e. The number of carbonyl (C=O) groups is 1. The third-order valence-electron chi connectivity index (χ3n) is 4.08. The second-order valence-electron chi connectivity index (χ2n) is 5.36. The van der Waals surface area contributed by atoms with E-state index in [2.05, 4.69) is 29.6 Å². The van der Waals surface area contributed by atoms with Crippen molar-refractivity contribution < 1.29 is 4.79 Å². The Balaban J connectivity index is 0.00000120. The summed E-state index contributed by atoms with van der Waals surface area (Å²) in [6.45, 7) is 0. The van der Waals surface area contributed by atoms with Crippen LogP contribution >= 0.6 is 12.4 Å². The number of fused-ring (bicyclic) bond motifs is 1. The van der Waals surface area contributed by atoms with Gasteiger partial charge in [0.1, 0.15) is 0 Å². The lowest BCUT2D eigenvalue weighted by Crippen LogP contribution is -2.60. The smallest absolute Gasteiger partial charge is 0.240 e. The highest BCUT2D eigenvalue weighted by molar-refractivity contribution is 5.87. The summed E-state index contributed by atoms with van der Waals surface area (Å²) < 4.78 is 0. The van der Waals surface area contributed by atoms with Gasteiger partial charge < -0.3 is 11.1 Å². The van der Waals surface area contributed by atoms with Gasteiger partial charge in [-0.1, -0.05) is 24.3 Å². The van der Waals surface area contributed by atoms with Gasteiger partial charge in [-0.2, -0.15) is 0 Å². The zero-order chi connectivity index (χ0) is 11.9. The molecular formula is C14H19ClN2O. The van der Waals surface area contributed by atoms with E-state index >= 15 is 0 Å². The summed E-state index contributed by atoms with van der Waals surface area (Å²) in [5.41, 5.74) is 8.16. The molecular weight excluding hydrogens is 248 g/mol. The molecule has 0 saturated heterocycles. The number of benzene rings is 1. The normalized spacial score (nSPS) is 20.5. The molecule has 0 spiro atoms. The van der Waals surface area contributed by atoms with Crippen LogP contribution in [0.3, 0.4) is 0 Å². The van der Waals surface area contributed by atoms with Crippen LogP contribution in [-0.4, -0.2) is 17.5 Å². The van der Waals surface area contributed by atoms with Crippen LogP contribution in [0, 0.1) is 0 Å². The van der Waals surface area contributed by atoms with E-state index in [9.17, 15) is 4.79 Å². The van der Waals surface area contributed by atoms with E-state index in [0.717, 1.165) is 32.1 Å². The van der Waals surface area contributed by atoms with Crippen LogP contribution in [0.15, 0.2) is 24.3 Å². The molecule has 4 heteroatoms. The first-order chi connectivity index (χ1) is 8.17. The van der Waals surface area contributed by atoms with Crippen molar-refractivity contribution in [3.05, 3.63) is 35.4 Å². The number of amides is 1. The number of hydrogen-bond acceptors (Lipinski definition) is 2. The molecule has 0 heterocycles. The van der Waals surface area contributed by atoms with E-state index in [1.54, 1.807) is 0 Å². The van der Waals surface area contributed by atoms with E-state index in [-0.39, 0.29) is 24.4 Å². The summed E-state index contributed by atoms with van der Waals surface area (Å²) in [6, 6.07) is 8.63. The van der Waals surface area contributed by atoms with Crippen LogP contribution in [0.5, 0.6) is 0 Å². The zero-order valence-electron chi connectivity index (χ0n) is 10.3. The number of nitrogens with one attached hydrogen (secondary N) is 1. The third kappa shape index (κ3) is 2.25. The van der Waals surface area contributed by atoms with Crippen molar-refractivity contribution in [2.75, 3.05) is 0 Å². The zero-order valence-corrected chi connectivity index (χ0v) is 11.1. The highest BCUT2D eigenvalue weighted by Gasteiger charge is 2.41. The van der Waals surface area contributed by atoms with Crippen molar-refractivity contribution in [3.63, 3.8) is 0 Å². The Bertz CT molecular complexity index is 432. The molecule has 0 bridgehead atoms. The molecule has 1 aromatic carbocycles. The van der Waals surface area contributed by atoms with E-state index in [4.69, 9.17) is 5.73 Å². The summed E-state index contributed by atoms with van der Waals surface area (Å²) in [5, 5.41) is 3.10. The molecule has 18 heavy (non-hydrogen) atoms. The molecule has 2 aliphatic carbocycles. The standard InChI is InChI=1S/C14H18N2O.ClH/c15-14(6-3-7-14)13(17)16-12-8-10-4-1-2-5-11(10)9-12;/h1-2,4-5,12H,3,6-9,15H2,(H,16,17);1H. The molecule has 0 aliphatic heterocycles. The molecule has 0 atom stereocenters. The minimum absolute atomic E-state index is 0. The molecule has 1 aromatic rings. The maximum absolute atomic E-state index is 12.0. The number of halogens is 1. The number of hydrogen-bond donors (Lipinski definition) is 2. The lowest BCUT2D eigenvalue weighted by atomic mass is 9.77. The lowest BCUT2D eigenvalue weighted by molar-refractivity contribution is -0.129. The predicted octanol–water partition coefficient (Wildman–Crippen LogP) is 1.57. The molecule has 2 aliphatic rings. The fraction of sp³-hybridized carbons (Fsp3) is 0.500. The number of rotatable bonds is 2. The quantitative estimate of drug-likeness (QED) is 0.854. The Morgan fingerprint density at radius 3 is 2.22 bits per heavy atom. The highest BCUT2D eigenvalue weighted by Crippen LogP contribution is 2.30. The highest BCUT2D eigenvalue weighted by atomic mass is 35.5. The lowest BCUT2D eigenvalue weighted by Gasteiger charge is -2.37. The fourth-order valence-corrected chi connectivity index (χ4v) is 2.77. The van der Waals surface area contributed by atoms with Gasteiger partial charge in [-0.3, -0.25) is 4.79 Å². The molecule has 3 N–H and O–H groups in total. The summed E-state index contributed by atoms with van der Waals surface area (Å²) in [7, 11) is 0. The Labute approximate surface area is 114 Å². The first-order valence-electron chi connectivity index (χ1n) is 6.34. The number of carbonyl (C=O) groups excluding carboxylic acids is 1. The Kier molecular flexibility index (Phi) is 3.64. The van der Waals surface area contributed by atoms with Gasteiger partial charge in [0.25, 0.3) is 0 Å².